The van der Waals surface area contributed by atoms with Gasteiger partial charge in [0.15, 0.2) is 9.84 Å². The molecule has 0 heterocycles. The van der Waals surface area contributed by atoms with Crippen LogP contribution in [0, 0.1) is 0 Å². The summed E-state index contributed by atoms with van der Waals surface area (Å²) in [6.45, 7) is 1.33. The molecule has 0 radical (unpaired) electrons. The van der Waals surface area contributed by atoms with Crippen LogP contribution in [0.4, 0.5) is 5.69 Å². The van der Waals surface area contributed by atoms with E-state index in [2.05, 4.69) is 5.32 Å². The molecule has 0 bridgehead atoms. The highest BCUT2D eigenvalue weighted by Crippen LogP contribution is 2.21. The first-order chi connectivity index (χ1) is 12.9. The van der Waals surface area contributed by atoms with Gasteiger partial charge in [-0.3, -0.25) is 9.10 Å². The normalized spacial score (nSPS) is 13.0. The van der Waals surface area contributed by atoms with Gasteiger partial charge in [-0.15, -0.1) is 0 Å². The fraction of sp³-hybridized carbons (Fsp3) is 0.278. The van der Waals surface area contributed by atoms with E-state index in [9.17, 15) is 21.6 Å². The third kappa shape index (κ3) is 5.95. The number of sulfone groups is 1. The van der Waals surface area contributed by atoms with E-state index < -0.39 is 38.4 Å². The first-order valence-electron chi connectivity index (χ1n) is 8.20. The Labute approximate surface area is 170 Å². The number of carbonyl (C=O) groups is 1. The Kier molecular flexibility index (Phi) is 6.74. The molecule has 152 valence electrons. The fourth-order valence-corrected chi connectivity index (χ4v) is 4.12. The topological polar surface area (TPSA) is 101 Å². The molecule has 0 unspecified atom stereocenters. The van der Waals surface area contributed by atoms with Gasteiger partial charge in [-0.25, -0.2) is 16.8 Å². The van der Waals surface area contributed by atoms with Gasteiger partial charge in [-0.2, -0.15) is 0 Å². The predicted molar refractivity (Wildman–Crippen MR) is 110 cm³/mol. The van der Waals surface area contributed by atoms with Crippen LogP contribution < -0.4 is 9.62 Å². The smallest absolute Gasteiger partial charge is 0.241 e. The first kappa shape index (κ1) is 22.2. The molecule has 7 nitrogen and oxygen atoms in total. The summed E-state index contributed by atoms with van der Waals surface area (Å²) in [6.07, 6.45) is 2.13. The van der Waals surface area contributed by atoms with Crippen molar-refractivity contribution in [2.45, 2.75) is 17.9 Å². The number of amides is 1. The monoisotopic (exact) mass is 444 g/mol. The number of anilines is 1. The Balaban J connectivity index is 2.13. The number of halogens is 1. The minimum absolute atomic E-state index is 0.181. The van der Waals surface area contributed by atoms with Crippen LogP contribution in [-0.4, -0.2) is 41.8 Å². The number of hydrogen-bond acceptors (Lipinski definition) is 5. The van der Waals surface area contributed by atoms with E-state index in [-0.39, 0.29) is 4.90 Å². The zero-order valence-corrected chi connectivity index (χ0v) is 18.0. The van der Waals surface area contributed by atoms with Crippen molar-refractivity contribution >= 4 is 43.1 Å². The van der Waals surface area contributed by atoms with Gasteiger partial charge >= 0.3 is 0 Å². The van der Waals surface area contributed by atoms with Crippen LogP contribution in [0.3, 0.4) is 0 Å². The van der Waals surface area contributed by atoms with Gasteiger partial charge in [0.2, 0.25) is 15.9 Å². The van der Waals surface area contributed by atoms with Gasteiger partial charge in [0.05, 0.1) is 22.9 Å². The average molecular weight is 445 g/mol. The molecule has 0 saturated heterocycles. The lowest BCUT2D eigenvalue weighted by molar-refractivity contribution is -0.120. The summed E-state index contributed by atoms with van der Waals surface area (Å²) < 4.78 is 48.2. The van der Waals surface area contributed by atoms with E-state index in [1.54, 1.807) is 31.2 Å². The quantitative estimate of drug-likeness (QED) is 0.706. The maximum atomic E-state index is 12.4. The van der Waals surface area contributed by atoms with Crippen LogP contribution in [-0.2, 0) is 24.7 Å². The number of hydrogen-bond donors (Lipinski definition) is 1. The Bertz CT molecular complexity index is 1050. The van der Waals surface area contributed by atoms with Crippen LogP contribution in [0.5, 0.6) is 0 Å². The fourth-order valence-electron chi connectivity index (χ4n) is 2.51. The lowest BCUT2D eigenvalue weighted by Crippen LogP contribution is -2.41. The van der Waals surface area contributed by atoms with Crippen molar-refractivity contribution in [1.29, 1.82) is 0 Å². The molecule has 0 aromatic heterocycles. The molecular formula is C18H21ClN2O5S2. The Morgan fingerprint density at radius 1 is 1.00 bits per heavy atom. The Morgan fingerprint density at radius 2 is 1.54 bits per heavy atom. The minimum atomic E-state index is -3.69. The second kappa shape index (κ2) is 8.50. The molecule has 10 heteroatoms. The second-order valence-corrected chi connectivity index (χ2v) is 10.7. The summed E-state index contributed by atoms with van der Waals surface area (Å²) in [5.41, 5.74) is 1.02. The molecule has 2 aromatic carbocycles. The lowest BCUT2D eigenvalue weighted by Gasteiger charge is -2.23. The van der Waals surface area contributed by atoms with Gasteiger partial charge in [0.25, 0.3) is 0 Å². The van der Waals surface area contributed by atoms with Crippen molar-refractivity contribution in [3.8, 4) is 0 Å². The lowest BCUT2D eigenvalue weighted by atomic mass is 10.1. The van der Waals surface area contributed by atoms with Crippen molar-refractivity contribution in [3.63, 3.8) is 0 Å². The van der Waals surface area contributed by atoms with E-state index in [1.807, 2.05) is 0 Å². The van der Waals surface area contributed by atoms with Crippen molar-refractivity contribution in [2.24, 2.45) is 0 Å². The molecule has 0 aliphatic heterocycles. The third-order valence-electron chi connectivity index (χ3n) is 3.99. The number of rotatable bonds is 7. The molecule has 1 N–H and O–H groups in total. The Hall–Kier alpha value is -2.10. The summed E-state index contributed by atoms with van der Waals surface area (Å²) in [4.78, 5) is 12.6. The molecule has 2 rings (SSSR count). The van der Waals surface area contributed by atoms with Crippen molar-refractivity contribution < 1.29 is 21.6 Å². The number of nitrogens with zero attached hydrogens (tertiary/aromatic N) is 1. The van der Waals surface area contributed by atoms with Crippen LogP contribution in [0.15, 0.2) is 53.4 Å². The zero-order valence-electron chi connectivity index (χ0n) is 15.6. The summed E-state index contributed by atoms with van der Waals surface area (Å²) >= 11 is 5.83. The molecular weight excluding hydrogens is 424 g/mol. The molecule has 0 saturated carbocycles. The van der Waals surface area contributed by atoms with E-state index in [0.717, 1.165) is 16.8 Å². The van der Waals surface area contributed by atoms with E-state index in [0.29, 0.717) is 16.3 Å². The second-order valence-electron chi connectivity index (χ2n) is 6.38. The SMILES string of the molecule is C[C@@H](NC(=O)CN(c1ccc(Cl)cc1)S(C)(=O)=O)c1ccc(S(C)(=O)=O)cc1. The summed E-state index contributed by atoms with van der Waals surface area (Å²) in [7, 11) is -6.99. The van der Waals surface area contributed by atoms with Crippen molar-refractivity contribution in [1.82, 2.24) is 5.32 Å². The van der Waals surface area contributed by atoms with Crippen LogP contribution in [0.2, 0.25) is 5.02 Å². The summed E-state index contributed by atoms with van der Waals surface area (Å²) in [5.74, 6) is -0.500. The van der Waals surface area contributed by atoms with Gasteiger partial charge in [0.1, 0.15) is 6.54 Å². The van der Waals surface area contributed by atoms with Gasteiger partial charge in [-0.05, 0) is 48.9 Å². The number of carbonyl (C=O) groups excluding carboxylic acids is 1. The van der Waals surface area contributed by atoms with Crippen LogP contribution in [0.1, 0.15) is 18.5 Å². The highest BCUT2D eigenvalue weighted by molar-refractivity contribution is 7.92. The van der Waals surface area contributed by atoms with E-state index in [1.165, 1.54) is 24.3 Å². The highest BCUT2D eigenvalue weighted by Gasteiger charge is 2.22. The van der Waals surface area contributed by atoms with Crippen molar-refractivity contribution in [2.75, 3.05) is 23.4 Å². The maximum absolute atomic E-state index is 12.4. The molecule has 0 aliphatic rings. The number of benzene rings is 2. The largest absolute Gasteiger partial charge is 0.348 e. The first-order valence-corrected chi connectivity index (χ1v) is 12.3. The molecule has 2 aromatic rings. The highest BCUT2D eigenvalue weighted by atomic mass is 35.5. The van der Waals surface area contributed by atoms with Gasteiger partial charge in [0, 0.05) is 11.3 Å². The van der Waals surface area contributed by atoms with E-state index in [4.69, 9.17) is 11.6 Å². The molecule has 0 aliphatic carbocycles. The third-order valence-corrected chi connectivity index (χ3v) is 6.51. The summed E-state index contributed by atoms with van der Waals surface area (Å²) in [6, 6.07) is 11.8. The zero-order chi connectivity index (χ0) is 21.1. The van der Waals surface area contributed by atoms with Crippen LogP contribution in [0.25, 0.3) is 0 Å². The molecule has 0 fully saturated rings. The average Bonchev–Trinajstić information content (AvgIpc) is 2.59. The number of nitrogens with one attached hydrogen (secondary N) is 1. The Morgan fingerprint density at radius 3 is 2.00 bits per heavy atom. The van der Waals surface area contributed by atoms with Gasteiger partial charge in [-0.1, -0.05) is 23.7 Å². The molecule has 1 atom stereocenters. The van der Waals surface area contributed by atoms with E-state index >= 15 is 0 Å². The number of sulfonamides is 1. The summed E-state index contributed by atoms with van der Waals surface area (Å²) in [5, 5.41) is 3.17. The molecule has 28 heavy (non-hydrogen) atoms. The predicted octanol–water partition coefficient (Wildman–Crippen LogP) is 2.39. The standard InChI is InChI=1S/C18H21ClN2O5S2/c1-13(14-4-10-17(11-5-14)27(2,23)24)20-18(22)12-21(28(3,25)26)16-8-6-15(19)7-9-16/h4-11,13H,12H2,1-3H3,(H,20,22)/t13-/m1/s1. The maximum Gasteiger partial charge on any atom is 0.241 e. The minimum Gasteiger partial charge on any atom is -0.348 e. The molecule has 0 spiro atoms. The van der Waals surface area contributed by atoms with Crippen LogP contribution >= 0.6 is 11.6 Å². The van der Waals surface area contributed by atoms with Gasteiger partial charge < -0.3 is 5.32 Å². The van der Waals surface area contributed by atoms with Crippen molar-refractivity contribution in [3.05, 3.63) is 59.1 Å². The molecule has 1 amide bonds.